The molecule has 2 rings (SSSR count). The van der Waals surface area contributed by atoms with Crippen LogP contribution in [0.2, 0.25) is 0 Å². The van der Waals surface area contributed by atoms with Crippen LogP contribution in [0.15, 0.2) is 23.8 Å². The monoisotopic (exact) mass is 363 g/mol. The maximum Gasteiger partial charge on any atom is 0.325 e. The summed E-state index contributed by atoms with van der Waals surface area (Å²) in [6.07, 6.45) is 0. The van der Waals surface area contributed by atoms with Gasteiger partial charge in [0.05, 0.1) is 11.0 Å². The van der Waals surface area contributed by atoms with Crippen LogP contribution in [-0.4, -0.2) is 34.9 Å². The summed E-state index contributed by atoms with van der Waals surface area (Å²) < 4.78 is 19.3. The molecule has 0 heterocycles. The second-order valence-electron chi connectivity index (χ2n) is 7.61. The molecule has 1 aromatic rings. The fraction of sp³-hybridized carbons (Fsp3) is 0.421. The van der Waals surface area contributed by atoms with Crippen LogP contribution in [0, 0.1) is 5.82 Å². The van der Waals surface area contributed by atoms with E-state index < -0.39 is 52.4 Å². The first kappa shape index (κ1) is 19.6. The third-order valence-corrected chi connectivity index (χ3v) is 4.00. The van der Waals surface area contributed by atoms with Crippen molar-refractivity contribution in [2.24, 2.45) is 0 Å². The predicted octanol–water partition coefficient (Wildman–Crippen LogP) is 2.41. The molecule has 26 heavy (non-hydrogen) atoms. The van der Waals surface area contributed by atoms with Crippen LogP contribution in [0.25, 0.3) is 5.76 Å². The van der Waals surface area contributed by atoms with E-state index in [0.29, 0.717) is 5.56 Å². The summed E-state index contributed by atoms with van der Waals surface area (Å²) in [5, 5.41) is 12.6. The zero-order valence-electron chi connectivity index (χ0n) is 15.4. The van der Waals surface area contributed by atoms with Gasteiger partial charge in [0.2, 0.25) is 0 Å². The fourth-order valence-corrected chi connectivity index (χ4v) is 2.78. The summed E-state index contributed by atoms with van der Waals surface area (Å²) >= 11 is 0. The van der Waals surface area contributed by atoms with E-state index in [1.165, 1.54) is 12.1 Å². The highest BCUT2D eigenvalue weighted by atomic mass is 19.1. The topological polar surface area (TPSA) is 92.7 Å². The summed E-state index contributed by atoms with van der Waals surface area (Å²) in [4.78, 5) is 36.9. The van der Waals surface area contributed by atoms with Crippen LogP contribution >= 0.6 is 0 Å². The van der Waals surface area contributed by atoms with Crippen molar-refractivity contribution in [3.05, 3.63) is 40.7 Å². The van der Waals surface area contributed by atoms with Crippen molar-refractivity contribution >= 4 is 23.4 Å². The highest BCUT2D eigenvalue weighted by Crippen LogP contribution is 2.40. The molecule has 0 fully saturated rings. The first-order valence-corrected chi connectivity index (χ1v) is 8.13. The first-order chi connectivity index (χ1) is 11.9. The highest BCUT2D eigenvalue weighted by Gasteiger charge is 2.44. The number of rotatable bonds is 3. The Balaban J connectivity index is 2.34. The lowest BCUT2D eigenvalue weighted by Crippen LogP contribution is -2.43. The lowest BCUT2D eigenvalue weighted by atomic mass is 9.71. The van der Waals surface area contributed by atoms with Crippen molar-refractivity contribution in [2.75, 3.05) is 6.54 Å². The first-order valence-electron chi connectivity index (χ1n) is 8.13. The van der Waals surface area contributed by atoms with Gasteiger partial charge in [-0.1, -0.05) is 12.1 Å². The number of hydrogen-bond acceptors (Lipinski definition) is 5. The van der Waals surface area contributed by atoms with Gasteiger partial charge < -0.3 is 15.2 Å². The average Bonchev–Trinajstić information content (AvgIpc) is 2.49. The van der Waals surface area contributed by atoms with E-state index in [2.05, 4.69) is 5.32 Å². The van der Waals surface area contributed by atoms with E-state index in [9.17, 15) is 23.9 Å². The van der Waals surface area contributed by atoms with Crippen LogP contribution in [0.4, 0.5) is 4.39 Å². The number of nitrogens with one attached hydrogen (secondary N) is 1. The van der Waals surface area contributed by atoms with Gasteiger partial charge in [-0.2, -0.15) is 0 Å². The standard InChI is InChI=1S/C19H22FNO5/c1-18(2,3)26-12(22)9-21-17(25)14-15(23)13-10(7-6-8-11(13)20)19(4,5)16(14)24/h6-8,23H,9H2,1-5H3,(H,21,25). The summed E-state index contributed by atoms with van der Waals surface area (Å²) in [5.41, 5.74) is -2.39. The Kier molecular flexibility index (Phi) is 4.94. The van der Waals surface area contributed by atoms with E-state index in [-0.39, 0.29) is 5.56 Å². The summed E-state index contributed by atoms with van der Waals surface area (Å²) in [6.45, 7) is 7.63. The number of amides is 1. The zero-order valence-corrected chi connectivity index (χ0v) is 15.4. The molecule has 1 aliphatic carbocycles. The molecule has 7 heteroatoms. The SMILES string of the molecule is CC(C)(C)OC(=O)CNC(=O)C1=C(O)c2c(F)cccc2C(C)(C)C1=O. The fourth-order valence-electron chi connectivity index (χ4n) is 2.78. The van der Waals surface area contributed by atoms with Crippen molar-refractivity contribution in [3.63, 3.8) is 0 Å². The summed E-state index contributed by atoms with van der Waals surface area (Å²) in [5.74, 6) is -3.78. The van der Waals surface area contributed by atoms with Crippen molar-refractivity contribution < 1.29 is 28.6 Å². The third kappa shape index (κ3) is 3.61. The minimum Gasteiger partial charge on any atom is -0.506 e. The third-order valence-electron chi connectivity index (χ3n) is 4.00. The van der Waals surface area contributed by atoms with Gasteiger partial charge in [0.25, 0.3) is 5.91 Å². The van der Waals surface area contributed by atoms with E-state index >= 15 is 0 Å². The van der Waals surface area contributed by atoms with Gasteiger partial charge >= 0.3 is 5.97 Å². The van der Waals surface area contributed by atoms with Gasteiger partial charge in [-0.25, -0.2) is 4.39 Å². The van der Waals surface area contributed by atoms with Crippen LogP contribution in [-0.2, 0) is 24.5 Å². The quantitative estimate of drug-likeness (QED) is 0.635. The molecule has 6 nitrogen and oxygen atoms in total. The number of aliphatic hydroxyl groups is 1. The summed E-state index contributed by atoms with van der Waals surface area (Å²) in [7, 11) is 0. The number of carbonyl (C=O) groups excluding carboxylic acids is 3. The van der Waals surface area contributed by atoms with Crippen molar-refractivity contribution in [2.45, 2.75) is 45.6 Å². The Morgan fingerprint density at radius 3 is 2.46 bits per heavy atom. The average molecular weight is 363 g/mol. The number of hydrogen-bond donors (Lipinski definition) is 2. The maximum atomic E-state index is 14.2. The number of esters is 1. The van der Waals surface area contributed by atoms with E-state index in [1.807, 2.05) is 0 Å². The molecular formula is C19H22FNO5. The number of benzene rings is 1. The van der Waals surface area contributed by atoms with Gasteiger partial charge in [-0.3, -0.25) is 14.4 Å². The van der Waals surface area contributed by atoms with Crippen molar-refractivity contribution in [1.82, 2.24) is 5.32 Å². The van der Waals surface area contributed by atoms with Gasteiger partial charge in [0.1, 0.15) is 29.3 Å². The lowest BCUT2D eigenvalue weighted by molar-refractivity contribution is -0.154. The molecule has 0 radical (unpaired) electrons. The smallest absolute Gasteiger partial charge is 0.325 e. The minimum absolute atomic E-state index is 0.181. The molecular weight excluding hydrogens is 341 g/mol. The zero-order chi connectivity index (χ0) is 19.9. The maximum absolute atomic E-state index is 14.2. The normalized spacial score (nSPS) is 16.2. The molecule has 2 N–H and O–H groups in total. The van der Waals surface area contributed by atoms with Gasteiger partial charge in [-0.15, -0.1) is 0 Å². The molecule has 140 valence electrons. The molecule has 0 spiro atoms. The number of ether oxygens (including phenoxy) is 1. The van der Waals surface area contributed by atoms with Crippen LogP contribution in [0.3, 0.4) is 0 Å². The lowest BCUT2D eigenvalue weighted by Gasteiger charge is -2.31. The van der Waals surface area contributed by atoms with E-state index in [1.54, 1.807) is 34.6 Å². The molecule has 0 saturated heterocycles. The van der Waals surface area contributed by atoms with E-state index in [0.717, 1.165) is 6.07 Å². The predicted molar refractivity (Wildman–Crippen MR) is 92.8 cm³/mol. The highest BCUT2D eigenvalue weighted by molar-refractivity contribution is 6.28. The van der Waals surface area contributed by atoms with Gasteiger partial charge in [0.15, 0.2) is 5.78 Å². The second kappa shape index (κ2) is 6.55. The van der Waals surface area contributed by atoms with E-state index in [4.69, 9.17) is 4.74 Å². The number of carbonyl (C=O) groups is 3. The number of aliphatic hydroxyl groups excluding tert-OH is 1. The van der Waals surface area contributed by atoms with Crippen LogP contribution < -0.4 is 5.32 Å². The molecule has 0 saturated carbocycles. The number of Topliss-reactive ketones (excluding diaryl/α,β-unsaturated/α-hetero) is 1. The number of ketones is 1. The van der Waals surface area contributed by atoms with Crippen molar-refractivity contribution in [1.29, 1.82) is 0 Å². The molecule has 0 aromatic heterocycles. The largest absolute Gasteiger partial charge is 0.506 e. The second-order valence-corrected chi connectivity index (χ2v) is 7.61. The molecule has 1 aromatic carbocycles. The Hall–Kier alpha value is -2.70. The van der Waals surface area contributed by atoms with Crippen LogP contribution in [0.1, 0.15) is 45.7 Å². The molecule has 0 unspecified atom stereocenters. The summed E-state index contributed by atoms with van der Waals surface area (Å²) in [6, 6.07) is 4.10. The molecule has 1 amide bonds. The Bertz CT molecular complexity index is 818. The Morgan fingerprint density at radius 2 is 1.88 bits per heavy atom. The Labute approximate surface area is 151 Å². The minimum atomic E-state index is -1.21. The van der Waals surface area contributed by atoms with Gasteiger partial charge in [-0.05, 0) is 46.2 Å². The number of halogens is 1. The molecule has 0 bridgehead atoms. The molecule has 0 aliphatic heterocycles. The van der Waals surface area contributed by atoms with Crippen LogP contribution in [0.5, 0.6) is 0 Å². The number of fused-ring (bicyclic) bond motifs is 1. The Morgan fingerprint density at radius 1 is 1.27 bits per heavy atom. The van der Waals surface area contributed by atoms with Crippen molar-refractivity contribution in [3.8, 4) is 0 Å². The van der Waals surface area contributed by atoms with Gasteiger partial charge in [0, 0.05) is 0 Å². The molecule has 0 atom stereocenters. The molecule has 1 aliphatic rings.